The molecule has 1 atom stereocenters. The van der Waals surface area contributed by atoms with Crippen molar-refractivity contribution in [1.82, 2.24) is 15.2 Å². The Morgan fingerprint density at radius 3 is 2.96 bits per heavy atom. The van der Waals surface area contributed by atoms with Crippen LogP contribution in [0.3, 0.4) is 0 Å². The largest absolute Gasteiger partial charge is 0.497 e. The van der Waals surface area contributed by atoms with Crippen LogP contribution in [0.1, 0.15) is 38.7 Å². The van der Waals surface area contributed by atoms with Gasteiger partial charge in [0.05, 0.1) is 13.2 Å². The number of amides is 1. The monoisotopic (exact) mass is 355 g/mol. The number of carbonyl (C=O) groups is 1. The quantitative estimate of drug-likeness (QED) is 0.747. The van der Waals surface area contributed by atoms with Crippen molar-refractivity contribution >= 4 is 22.4 Å². The normalized spacial score (nSPS) is 16.3. The second kappa shape index (κ2) is 8.41. The highest BCUT2D eigenvalue weighted by atomic mass is 16.5. The molecule has 0 bridgehead atoms. The van der Waals surface area contributed by atoms with Crippen LogP contribution in [0, 0.1) is 0 Å². The molecule has 0 saturated heterocycles. The number of fused-ring (bicyclic) bond motifs is 1. The SMILES string of the molecule is CCCCNC(=O)[C@@H](C)N1CC=C(c2c[nH]c3ccc(OC)cc23)CC1. The minimum atomic E-state index is -0.0901. The predicted octanol–water partition coefficient (Wildman–Crippen LogP) is 3.57. The van der Waals surface area contributed by atoms with Gasteiger partial charge in [0.2, 0.25) is 5.91 Å². The van der Waals surface area contributed by atoms with Gasteiger partial charge in [-0.25, -0.2) is 0 Å². The fourth-order valence-electron chi connectivity index (χ4n) is 3.48. The van der Waals surface area contributed by atoms with E-state index in [2.05, 4.69) is 46.5 Å². The Morgan fingerprint density at radius 1 is 1.42 bits per heavy atom. The van der Waals surface area contributed by atoms with Crippen LogP contribution >= 0.6 is 0 Å². The molecule has 1 aliphatic rings. The molecule has 1 aliphatic heterocycles. The number of methoxy groups -OCH3 is 1. The van der Waals surface area contributed by atoms with Crippen LogP contribution in [-0.2, 0) is 4.79 Å². The topological polar surface area (TPSA) is 57.4 Å². The van der Waals surface area contributed by atoms with Gasteiger partial charge in [-0.3, -0.25) is 9.69 Å². The zero-order valence-electron chi connectivity index (χ0n) is 16.0. The third-order valence-electron chi connectivity index (χ3n) is 5.23. The number of hydrogen-bond acceptors (Lipinski definition) is 3. The van der Waals surface area contributed by atoms with Crippen LogP contribution in [0.2, 0.25) is 0 Å². The van der Waals surface area contributed by atoms with E-state index in [4.69, 9.17) is 4.74 Å². The van der Waals surface area contributed by atoms with E-state index in [1.165, 1.54) is 16.5 Å². The zero-order valence-corrected chi connectivity index (χ0v) is 16.0. The number of aromatic amines is 1. The highest BCUT2D eigenvalue weighted by molar-refractivity contribution is 5.93. The number of aromatic nitrogens is 1. The van der Waals surface area contributed by atoms with Crippen molar-refractivity contribution in [3.05, 3.63) is 36.0 Å². The van der Waals surface area contributed by atoms with Crippen molar-refractivity contribution < 1.29 is 9.53 Å². The molecule has 5 nitrogen and oxygen atoms in total. The standard InChI is InChI=1S/C21H29N3O2/c1-4-5-10-22-21(25)15(2)24-11-8-16(9-12-24)19-14-23-20-7-6-17(26-3)13-18(19)20/h6-8,13-15,23H,4-5,9-12H2,1-3H3,(H,22,25)/t15-/m1/s1. The lowest BCUT2D eigenvalue weighted by molar-refractivity contribution is -0.125. The van der Waals surface area contributed by atoms with Gasteiger partial charge >= 0.3 is 0 Å². The van der Waals surface area contributed by atoms with Gasteiger partial charge in [-0.05, 0) is 43.5 Å². The summed E-state index contributed by atoms with van der Waals surface area (Å²) >= 11 is 0. The van der Waals surface area contributed by atoms with E-state index in [0.29, 0.717) is 0 Å². The summed E-state index contributed by atoms with van der Waals surface area (Å²) < 4.78 is 5.36. The van der Waals surface area contributed by atoms with Crippen molar-refractivity contribution in [2.24, 2.45) is 0 Å². The average Bonchev–Trinajstić information content (AvgIpc) is 3.10. The molecule has 1 aromatic carbocycles. The van der Waals surface area contributed by atoms with Crippen molar-refractivity contribution in [1.29, 1.82) is 0 Å². The minimum absolute atomic E-state index is 0.0901. The van der Waals surface area contributed by atoms with Crippen molar-refractivity contribution in [2.45, 2.75) is 39.2 Å². The van der Waals surface area contributed by atoms with Gasteiger partial charge in [-0.15, -0.1) is 0 Å². The molecule has 2 heterocycles. The first kappa shape index (κ1) is 18.5. The molecule has 3 rings (SSSR count). The molecule has 0 saturated carbocycles. The lowest BCUT2D eigenvalue weighted by Crippen LogP contribution is -2.46. The predicted molar refractivity (Wildman–Crippen MR) is 106 cm³/mol. The Balaban J connectivity index is 1.69. The van der Waals surface area contributed by atoms with E-state index < -0.39 is 0 Å². The Hall–Kier alpha value is -2.27. The molecule has 1 amide bonds. The molecule has 0 spiro atoms. The Bertz CT molecular complexity index is 794. The summed E-state index contributed by atoms with van der Waals surface area (Å²) in [6.45, 7) is 6.59. The van der Waals surface area contributed by atoms with E-state index >= 15 is 0 Å². The zero-order chi connectivity index (χ0) is 18.5. The lowest BCUT2D eigenvalue weighted by Gasteiger charge is -2.31. The number of rotatable bonds is 7. The molecule has 0 unspecified atom stereocenters. The summed E-state index contributed by atoms with van der Waals surface area (Å²) in [7, 11) is 1.69. The van der Waals surface area contributed by atoms with Gasteiger partial charge in [0, 0.05) is 42.3 Å². The van der Waals surface area contributed by atoms with E-state index in [0.717, 1.165) is 50.2 Å². The van der Waals surface area contributed by atoms with Crippen LogP contribution in [0.15, 0.2) is 30.5 Å². The summed E-state index contributed by atoms with van der Waals surface area (Å²) in [6.07, 6.45) is 7.40. The first-order chi connectivity index (χ1) is 12.6. The molecule has 5 heteroatoms. The first-order valence-corrected chi connectivity index (χ1v) is 9.50. The summed E-state index contributed by atoms with van der Waals surface area (Å²) in [6, 6.07) is 6.01. The number of H-pyrrole nitrogens is 1. The third-order valence-corrected chi connectivity index (χ3v) is 5.23. The molecule has 0 radical (unpaired) electrons. The number of nitrogens with zero attached hydrogens (tertiary/aromatic N) is 1. The van der Waals surface area contributed by atoms with Crippen molar-refractivity contribution in [2.75, 3.05) is 26.7 Å². The summed E-state index contributed by atoms with van der Waals surface area (Å²) in [4.78, 5) is 17.9. The summed E-state index contributed by atoms with van der Waals surface area (Å²) in [5.74, 6) is 1.00. The fraction of sp³-hybridized carbons (Fsp3) is 0.476. The maximum Gasteiger partial charge on any atom is 0.237 e. The Kier molecular flexibility index (Phi) is 5.99. The first-order valence-electron chi connectivity index (χ1n) is 9.50. The number of unbranched alkanes of at least 4 members (excludes halogenated alkanes) is 1. The van der Waals surface area contributed by atoms with Crippen molar-refractivity contribution in [3.63, 3.8) is 0 Å². The van der Waals surface area contributed by atoms with Crippen LogP contribution < -0.4 is 10.1 Å². The highest BCUT2D eigenvalue weighted by Crippen LogP contribution is 2.31. The lowest BCUT2D eigenvalue weighted by atomic mass is 9.98. The number of nitrogens with one attached hydrogen (secondary N) is 2. The molecule has 2 aromatic rings. The van der Waals surface area contributed by atoms with Crippen LogP contribution in [-0.4, -0.2) is 48.6 Å². The maximum atomic E-state index is 12.3. The Labute approximate surface area is 155 Å². The number of carbonyl (C=O) groups excluding carboxylic acids is 1. The summed E-state index contributed by atoms with van der Waals surface area (Å²) in [5, 5.41) is 4.23. The fourth-order valence-corrected chi connectivity index (χ4v) is 3.48. The molecular weight excluding hydrogens is 326 g/mol. The number of benzene rings is 1. The molecule has 26 heavy (non-hydrogen) atoms. The molecule has 140 valence electrons. The van der Waals surface area contributed by atoms with Gasteiger partial charge in [-0.1, -0.05) is 19.4 Å². The van der Waals surface area contributed by atoms with Gasteiger partial charge in [0.15, 0.2) is 0 Å². The second-order valence-corrected chi connectivity index (χ2v) is 6.91. The average molecular weight is 355 g/mol. The van der Waals surface area contributed by atoms with Crippen LogP contribution in [0.5, 0.6) is 5.75 Å². The summed E-state index contributed by atoms with van der Waals surface area (Å²) in [5.41, 5.74) is 3.69. The molecule has 0 aliphatic carbocycles. The third kappa shape index (κ3) is 3.93. The van der Waals surface area contributed by atoms with E-state index in [9.17, 15) is 4.79 Å². The van der Waals surface area contributed by atoms with Gasteiger partial charge in [-0.2, -0.15) is 0 Å². The number of ether oxygens (including phenoxy) is 1. The molecule has 1 aromatic heterocycles. The number of hydrogen-bond donors (Lipinski definition) is 2. The Morgan fingerprint density at radius 2 is 2.27 bits per heavy atom. The van der Waals surface area contributed by atoms with Gasteiger partial charge in [0.25, 0.3) is 0 Å². The highest BCUT2D eigenvalue weighted by Gasteiger charge is 2.23. The maximum absolute atomic E-state index is 12.3. The van der Waals surface area contributed by atoms with E-state index in [-0.39, 0.29) is 11.9 Å². The van der Waals surface area contributed by atoms with Gasteiger partial charge < -0.3 is 15.0 Å². The van der Waals surface area contributed by atoms with Gasteiger partial charge in [0.1, 0.15) is 5.75 Å². The molecule has 2 N–H and O–H groups in total. The van der Waals surface area contributed by atoms with Crippen LogP contribution in [0.25, 0.3) is 16.5 Å². The molecular formula is C21H29N3O2. The smallest absolute Gasteiger partial charge is 0.237 e. The van der Waals surface area contributed by atoms with Crippen molar-refractivity contribution in [3.8, 4) is 5.75 Å². The minimum Gasteiger partial charge on any atom is -0.497 e. The van der Waals surface area contributed by atoms with Crippen LogP contribution in [0.4, 0.5) is 0 Å². The van der Waals surface area contributed by atoms with E-state index in [1.54, 1.807) is 7.11 Å². The molecule has 0 fully saturated rings. The second-order valence-electron chi connectivity index (χ2n) is 6.91. The van der Waals surface area contributed by atoms with E-state index in [1.807, 2.05) is 13.0 Å².